The number of aromatic nitrogens is 1. The summed E-state index contributed by atoms with van der Waals surface area (Å²) in [5, 5.41) is 0. The highest BCUT2D eigenvalue weighted by molar-refractivity contribution is 5.28. The van der Waals surface area contributed by atoms with Gasteiger partial charge in [-0.15, -0.1) is 0 Å². The average Bonchev–Trinajstić information content (AvgIpc) is 2.80. The smallest absolute Gasteiger partial charge is 0.0464 e. The summed E-state index contributed by atoms with van der Waals surface area (Å²) < 4.78 is 0. The summed E-state index contributed by atoms with van der Waals surface area (Å²) in [5.41, 5.74) is 2.84. The Bertz CT molecular complexity index is 416. The lowest BCUT2D eigenvalue weighted by atomic mass is 9.97. The molecule has 0 N–H and O–H groups in total. The van der Waals surface area contributed by atoms with Gasteiger partial charge in [-0.3, -0.25) is 9.88 Å². The minimum atomic E-state index is 0.648. The molecule has 2 atom stereocenters. The summed E-state index contributed by atoms with van der Waals surface area (Å²) in [5.74, 6) is 0. The predicted molar refractivity (Wildman–Crippen MR) is 73.6 cm³/mol. The van der Waals surface area contributed by atoms with Crippen molar-refractivity contribution < 1.29 is 0 Å². The number of rotatable bonds is 3. The van der Waals surface area contributed by atoms with Crippen LogP contribution in [0, 0.1) is 0 Å². The Kier molecular flexibility index (Phi) is 3.35. The standard InChI is InChI=1S/C15H23N3/c1-17(2)10-7-12-5-6-15-13-4-3-9-16-14(13)8-11-18(12)15/h3-4,9,12,15H,5-8,10-11H2,1-2H3. The normalized spacial score (nSPS) is 27.3. The van der Waals surface area contributed by atoms with Gasteiger partial charge in [0.1, 0.15) is 0 Å². The molecule has 3 heteroatoms. The van der Waals surface area contributed by atoms with E-state index in [1.807, 2.05) is 6.20 Å². The van der Waals surface area contributed by atoms with Crippen molar-refractivity contribution in [1.29, 1.82) is 0 Å². The topological polar surface area (TPSA) is 19.4 Å². The monoisotopic (exact) mass is 245 g/mol. The minimum Gasteiger partial charge on any atom is -0.309 e. The van der Waals surface area contributed by atoms with Crippen LogP contribution in [0.3, 0.4) is 0 Å². The Hall–Kier alpha value is -0.930. The molecule has 2 aliphatic rings. The zero-order chi connectivity index (χ0) is 12.5. The van der Waals surface area contributed by atoms with Crippen molar-refractivity contribution in [3.63, 3.8) is 0 Å². The lowest BCUT2D eigenvalue weighted by Crippen LogP contribution is -2.38. The molecule has 1 aromatic rings. The van der Waals surface area contributed by atoms with E-state index in [-0.39, 0.29) is 0 Å². The molecule has 3 nitrogen and oxygen atoms in total. The van der Waals surface area contributed by atoms with Gasteiger partial charge in [-0.2, -0.15) is 0 Å². The number of fused-ring (bicyclic) bond motifs is 3. The van der Waals surface area contributed by atoms with Gasteiger partial charge in [-0.25, -0.2) is 0 Å². The first-order valence-electron chi connectivity index (χ1n) is 7.10. The zero-order valence-corrected chi connectivity index (χ0v) is 11.5. The number of nitrogens with zero attached hydrogens (tertiary/aromatic N) is 3. The highest BCUT2D eigenvalue weighted by Crippen LogP contribution is 2.40. The summed E-state index contributed by atoms with van der Waals surface area (Å²) in [6.07, 6.45) is 7.04. The Labute approximate surface area is 110 Å². The van der Waals surface area contributed by atoms with E-state index in [4.69, 9.17) is 0 Å². The molecule has 1 saturated heterocycles. The maximum Gasteiger partial charge on any atom is 0.0464 e. The van der Waals surface area contributed by atoms with Crippen LogP contribution in [0.25, 0.3) is 0 Å². The molecule has 98 valence electrons. The van der Waals surface area contributed by atoms with E-state index in [0.29, 0.717) is 6.04 Å². The largest absolute Gasteiger partial charge is 0.309 e. The van der Waals surface area contributed by atoms with Gasteiger partial charge in [0.15, 0.2) is 0 Å². The Balaban J connectivity index is 1.74. The highest BCUT2D eigenvalue weighted by atomic mass is 15.2. The molecule has 0 radical (unpaired) electrons. The van der Waals surface area contributed by atoms with Gasteiger partial charge in [-0.05, 0) is 51.5 Å². The minimum absolute atomic E-state index is 0.648. The van der Waals surface area contributed by atoms with Crippen LogP contribution in [0.2, 0.25) is 0 Å². The fourth-order valence-electron chi connectivity index (χ4n) is 3.52. The molecule has 0 amide bonds. The van der Waals surface area contributed by atoms with Crippen molar-refractivity contribution in [2.75, 3.05) is 27.2 Å². The Morgan fingerprint density at radius 2 is 2.28 bits per heavy atom. The number of hydrogen-bond donors (Lipinski definition) is 0. The molecule has 0 aromatic carbocycles. The number of pyridine rings is 1. The Morgan fingerprint density at radius 3 is 3.11 bits per heavy atom. The first kappa shape index (κ1) is 12.1. The molecule has 1 aromatic heterocycles. The fraction of sp³-hybridized carbons (Fsp3) is 0.667. The van der Waals surface area contributed by atoms with E-state index >= 15 is 0 Å². The summed E-state index contributed by atoms with van der Waals surface area (Å²) in [6, 6.07) is 5.81. The second-order valence-corrected chi connectivity index (χ2v) is 5.87. The molecule has 0 saturated carbocycles. The van der Waals surface area contributed by atoms with Crippen LogP contribution in [-0.4, -0.2) is 48.0 Å². The average molecular weight is 245 g/mol. The number of hydrogen-bond acceptors (Lipinski definition) is 3. The van der Waals surface area contributed by atoms with Crippen molar-refractivity contribution >= 4 is 0 Å². The van der Waals surface area contributed by atoms with E-state index in [0.717, 1.165) is 12.5 Å². The van der Waals surface area contributed by atoms with Crippen LogP contribution in [0.4, 0.5) is 0 Å². The second-order valence-electron chi connectivity index (χ2n) is 5.87. The highest BCUT2D eigenvalue weighted by Gasteiger charge is 2.37. The second kappa shape index (κ2) is 4.98. The third-order valence-corrected chi connectivity index (χ3v) is 4.44. The molecule has 3 rings (SSSR count). The SMILES string of the molecule is CN(C)CCC1CCC2c3cccnc3CCN12. The fourth-order valence-corrected chi connectivity index (χ4v) is 3.52. The molecule has 0 aliphatic carbocycles. The van der Waals surface area contributed by atoms with Crippen LogP contribution >= 0.6 is 0 Å². The lowest BCUT2D eigenvalue weighted by Gasteiger charge is -2.35. The van der Waals surface area contributed by atoms with Crippen LogP contribution < -0.4 is 0 Å². The van der Waals surface area contributed by atoms with Crippen LogP contribution in [0.15, 0.2) is 18.3 Å². The molecular formula is C15H23N3. The van der Waals surface area contributed by atoms with Gasteiger partial charge in [0.05, 0.1) is 0 Å². The molecule has 0 spiro atoms. The maximum absolute atomic E-state index is 4.54. The van der Waals surface area contributed by atoms with Crippen molar-refractivity contribution in [2.24, 2.45) is 0 Å². The van der Waals surface area contributed by atoms with Crippen LogP contribution in [-0.2, 0) is 6.42 Å². The van der Waals surface area contributed by atoms with Crippen LogP contribution in [0.1, 0.15) is 36.6 Å². The summed E-state index contributed by atoms with van der Waals surface area (Å²) in [6.45, 7) is 2.40. The van der Waals surface area contributed by atoms with Gasteiger partial charge in [0.25, 0.3) is 0 Å². The molecule has 0 bridgehead atoms. The zero-order valence-electron chi connectivity index (χ0n) is 11.5. The van der Waals surface area contributed by atoms with Gasteiger partial charge >= 0.3 is 0 Å². The maximum atomic E-state index is 4.54. The van der Waals surface area contributed by atoms with Gasteiger partial charge in [0, 0.05) is 36.9 Å². The summed E-state index contributed by atoms with van der Waals surface area (Å²) in [7, 11) is 4.34. The Morgan fingerprint density at radius 1 is 1.39 bits per heavy atom. The van der Waals surface area contributed by atoms with Crippen molar-refractivity contribution in [1.82, 2.24) is 14.8 Å². The van der Waals surface area contributed by atoms with E-state index in [9.17, 15) is 0 Å². The quantitative estimate of drug-likeness (QED) is 0.813. The van der Waals surface area contributed by atoms with E-state index in [2.05, 4.69) is 41.0 Å². The molecular weight excluding hydrogens is 222 g/mol. The molecule has 3 heterocycles. The molecule has 2 unspecified atom stereocenters. The molecule has 1 fully saturated rings. The van der Waals surface area contributed by atoms with Gasteiger partial charge in [-0.1, -0.05) is 6.07 Å². The third kappa shape index (κ3) is 2.17. The van der Waals surface area contributed by atoms with Gasteiger partial charge in [0.2, 0.25) is 0 Å². The first-order chi connectivity index (χ1) is 8.75. The van der Waals surface area contributed by atoms with Crippen molar-refractivity contribution in [2.45, 2.75) is 37.8 Å². The predicted octanol–water partition coefficient (Wildman–Crippen LogP) is 2.09. The molecule has 2 aliphatic heterocycles. The van der Waals surface area contributed by atoms with E-state index in [1.165, 1.54) is 43.6 Å². The first-order valence-corrected chi connectivity index (χ1v) is 7.10. The van der Waals surface area contributed by atoms with Crippen molar-refractivity contribution in [3.05, 3.63) is 29.6 Å². The van der Waals surface area contributed by atoms with Crippen LogP contribution in [0.5, 0.6) is 0 Å². The summed E-state index contributed by atoms with van der Waals surface area (Å²) in [4.78, 5) is 9.57. The van der Waals surface area contributed by atoms with Gasteiger partial charge < -0.3 is 4.90 Å². The molecule has 18 heavy (non-hydrogen) atoms. The van der Waals surface area contributed by atoms with Crippen molar-refractivity contribution in [3.8, 4) is 0 Å². The summed E-state index contributed by atoms with van der Waals surface area (Å²) >= 11 is 0. The van der Waals surface area contributed by atoms with E-state index in [1.54, 1.807) is 0 Å². The van der Waals surface area contributed by atoms with E-state index < -0.39 is 0 Å². The lowest BCUT2D eigenvalue weighted by molar-refractivity contribution is 0.166. The third-order valence-electron chi connectivity index (χ3n) is 4.44.